The van der Waals surface area contributed by atoms with Gasteiger partial charge in [0.25, 0.3) is 0 Å². The summed E-state index contributed by atoms with van der Waals surface area (Å²) < 4.78 is 0. The minimum Gasteiger partial charge on any atom is -0.508 e. The van der Waals surface area contributed by atoms with Gasteiger partial charge in [-0.3, -0.25) is 19.2 Å². The molecular formula is C23H35N5O7. The number of carbonyl (C=O) groups excluding carboxylic acids is 4. The van der Waals surface area contributed by atoms with E-state index in [1.54, 1.807) is 26.0 Å². The fraction of sp³-hybridized carbons (Fsp3) is 0.522. The molecule has 35 heavy (non-hydrogen) atoms. The third kappa shape index (κ3) is 10.0. The van der Waals surface area contributed by atoms with Crippen molar-refractivity contribution in [2.24, 2.45) is 17.4 Å². The zero-order chi connectivity index (χ0) is 26.7. The topological polar surface area (TPSA) is 214 Å². The number of carbonyl (C=O) groups is 5. The molecule has 0 saturated carbocycles. The molecule has 5 atom stereocenters. The van der Waals surface area contributed by atoms with E-state index in [1.165, 1.54) is 19.1 Å². The van der Waals surface area contributed by atoms with Gasteiger partial charge in [0, 0.05) is 12.8 Å². The van der Waals surface area contributed by atoms with Gasteiger partial charge < -0.3 is 37.6 Å². The van der Waals surface area contributed by atoms with E-state index in [0.717, 1.165) is 0 Å². The first-order chi connectivity index (χ1) is 16.3. The zero-order valence-corrected chi connectivity index (χ0v) is 20.1. The van der Waals surface area contributed by atoms with Gasteiger partial charge in [-0.2, -0.15) is 0 Å². The minimum atomic E-state index is -1.19. The molecule has 0 fully saturated rings. The largest absolute Gasteiger partial charge is 0.508 e. The Morgan fingerprint density at radius 2 is 1.54 bits per heavy atom. The lowest BCUT2D eigenvalue weighted by Crippen LogP contribution is -2.57. The molecule has 0 aliphatic carbocycles. The summed E-state index contributed by atoms with van der Waals surface area (Å²) in [5.41, 5.74) is 11.5. The number of rotatable bonds is 14. The second-order valence-corrected chi connectivity index (χ2v) is 8.48. The van der Waals surface area contributed by atoms with Crippen molar-refractivity contribution in [1.29, 1.82) is 0 Å². The van der Waals surface area contributed by atoms with Crippen molar-refractivity contribution in [2.45, 2.75) is 70.6 Å². The monoisotopic (exact) mass is 493 g/mol. The first-order valence-corrected chi connectivity index (χ1v) is 11.3. The van der Waals surface area contributed by atoms with E-state index in [4.69, 9.17) is 11.5 Å². The molecule has 194 valence electrons. The highest BCUT2D eigenvalue weighted by molar-refractivity contribution is 5.94. The summed E-state index contributed by atoms with van der Waals surface area (Å²) in [4.78, 5) is 60.5. The molecule has 1 aromatic rings. The average Bonchev–Trinajstić information content (AvgIpc) is 2.80. The number of amides is 4. The number of primary amides is 1. The Balaban J connectivity index is 2.95. The van der Waals surface area contributed by atoms with Gasteiger partial charge in [-0.05, 0) is 37.0 Å². The van der Waals surface area contributed by atoms with Gasteiger partial charge in [0.15, 0.2) is 0 Å². The lowest BCUT2D eigenvalue weighted by Gasteiger charge is -2.25. The van der Waals surface area contributed by atoms with Crippen molar-refractivity contribution in [3.05, 3.63) is 29.8 Å². The van der Waals surface area contributed by atoms with Crippen LogP contribution in [-0.2, 0) is 30.4 Å². The van der Waals surface area contributed by atoms with E-state index < -0.39 is 53.8 Å². The number of aromatic hydroxyl groups is 1. The Hall–Kier alpha value is -3.67. The number of carboxylic acid groups (broad SMARTS) is 1. The average molecular weight is 494 g/mol. The summed E-state index contributed by atoms with van der Waals surface area (Å²) >= 11 is 0. The van der Waals surface area contributed by atoms with Crippen molar-refractivity contribution in [3.8, 4) is 5.75 Å². The highest BCUT2D eigenvalue weighted by Gasteiger charge is 2.30. The van der Waals surface area contributed by atoms with Crippen molar-refractivity contribution >= 4 is 29.6 Å². The molecule has 0 radical (unpaired) electrons. The van der Waals surface area contributed by atoms with Crippen LogP contribution in [0.3, 0.4) is 0 Å². The summed E-state index contributed by atoms with van der Waals surface area (Å²) in [5.74, 6) is -4.21. The van der Waals surface area contributed by atoms with Crippen LogP contribution in [0.4, 0.5) is 0 Å². The van der Waals surface area contributed by atoms with Crippen LogP contribution < -0.4 is 27.4 Å². The Morgan fingerprint density at radius 1 is 0.943 bits per heavy atom. The van der Waals surface area contributed by atoms with E-state index in [1.807, 2.05) is 0 Å². The van der Waals surface area contributed by atoms with Crippen LogP contribution in [-0.4, -0.2) is 64.0 Å². The Labute approximate surface area is 203 Å². The lowest BCUT2D eigenvalue weighted by atomic mass is 9.99. The van der Waals surface area contributed by atoms with Crippen molar-refractivity contribution in [1.82, 2.24) is 16.0 Å². The number of aliphatic carboxylic acids is 1. The van der Waals surface area contributed by atoms with Gasteiger partial charge in [-0.25, -0.2) is 4.79 Å². The molecule has 0 aromatic heterocycles. The SMILES string of the molecule is CCC(C)C(NC(=O)C(C)NC(=O)C(Cc1ccc(O)cc1)NC(=O)C(N)CCC(N)=O)C(=O)O. The Bertz CT molecular complexity index is 906. The molecule has 1 rings (SSSR count). The molecule has 12 nitrogen and oxygen atoms in total. The van der Waals surface area contributed by atoms with Gasteiger partial charge in [0.2, 0.25) is 23.6 Å². The first kappa shape index (κ1) is 29.4. The van der Waals surface area contributed by atoms with Crippen LogP contribution in [0.5, 0.6) is 5.75 Å². The molecule has 9 N–H and O–H groups in total. The molecule has 5 unspecified atom stereocenters. The lowest BCUT2D eigenvalue weighted by molar-refractivity contribution is -0.143. The number of carboxylic acids is 1. The molecule has 0 spiro atoms. The van der Waals surface area contributed by atoms with Gasteiger partial charge >= 0.3 is 5.97 Å². The number of nitrogens with one attached hydrogen (secondary N) is 3. The van der Waals surface area contributed by atoms with Crippen LogP contribution in [0.15, 0.2) is 24.3 Å². The Morgan fingerprint density at radius 3 is 2.06 bits per heavy atom. The molecule has 0 aliphatic heterocycles. The summed E-state index contributed by atoms with van der Waals surface area (Å²) in [5, 5.41) is 26.3. The number of hydrogen-bond donors (Lipinski definition) is 7. The highest BCUT2D eigenvalue weighted by Crippen LogP contribution is 2.12. The fourth-order valence-electron chi connectivity index (χ4n) is 3.13. The van der Waals surface area contributed by atoms with E-state index in [0.29, 0.717) is 12.0 Å². The normalized spacial score (nSPS) is 15.1. The second-order valence-electron chi connectivity index (χ2n) is 8.48. The van der Waals surface area contributed by atoms with Crippen LogP contribution in [0, 0.1) is 5.92 Å². The summed E-state index contributed by atoms with van der Waals surface area (Å²) in [7, 11) is 0. The molecule has 1 aromatic carbocycles. The van der Waals surface area contributed by atoms with Crippen LogP contribution in [0.1, 0.15) is 45.6 Å². The molecule has 0 heterocycles. The van der Waals surface area contributed by atoms with Gasteiger partial charge in [0.05, 0.1) is 6.04 Å². The van der Waals surface area contributed by atoms with Crippen LogP contribution in [0.2, 0.25) is 0 Å². The summed E-state index contributed by atoms with van der Waals surface area (Å²) in [6.07, 6.45) is 0.412. The highest BCUT2D eigenvalue weighted by atomic mass is 16.4. The smallest absolute Gasteiger partial charge is 0.326 e. The third-order valence-electron chi connectivity index (χ3n) is 5.58. The zero-order valence-electron chi connectivity index (χ0n) is 20.1. The Kier molecular flexibility index (Phi) is 11.7. The van der Waals surface area contributed by atoms with Gasteiger partial charge in [0.1, 0.15) is 23.9 Å². The number of hydrogen-bond acceptors (Lipinski definition) is 7. The maximum Gasteiger partial charge on any atom is 0.326 e. The quantitative estimate of drug-likeness (QED) is 0.172. The molecule has 0 bridgehead atoms. The summed E-state index contributed by atoms with van der Waals surface area (Å²) in [6, 6.07) is 1.50. The second kappa shape index (κ2) is 13.9. The van der Waals surface area contributed by atoms with Gasteiger partial charge in [-0.15, -0.1) is 0 Å². The molecular weight excluding hydrogens is 458 g/mol. The minimum absolute atomic E-state index is 0.0132. The van der Waals surface area contributed by atoms with Crippen LogP contribution in [0.25, 0.3) is 0 Å². The maximum atomic E-state index is 13.0. The molecule has 12 heteroatoms. The third-order valence-corrected chi connectivity index (χ3v) is 5.58. The van der Waals surface area contributed by atoms with Crippen LogP contribution >= 0.6 is 0 Å². The van der Waals surface area contributed by atoms with Crippen molar-refractivity contribution < 1.29 is 34.2 Å². The molecule has 0 aliphatic rings. The number of nitrogens with two attached hydrogens (primary N) is 2. The number of phenols is 1. The maximum absolute atomic E-state index is 13.0. The van der Waals surface area contributed by atoms with E-state index in [2.05, 4.69) is 16.0 Å². The number of benzene rings is 1. The van der Waals surface area contributed by atoms with E-state index in [-0.39, 0.29) is 30.9 Å². The predicted octanol–water partition coefficient (Wildman–Crippen LogP) is -0.867. The summed E-state index contributed by atoms with van der Waals surface area (Å²) in [6.45, 7) is 4.87. The standard InChI is InChI=1S/C23H35N5O7/c1-4-12(2)19(23(34)35)28-20(31)13(3)26-22(33)17(11-14-5-7-15(29)8-6-14)27-21(32)16(24)9-10-18(25)30/h5-8,12-13,16-17,19,29H,4,9-11,24H2,1-3H3,(H2,25,30)(H,26,33)(H,27,32)(H,28,31)(H,34,35). The first-order valence-electron chi connectivity index (χ1n) is 11.3. The van der Waals surface area contributed by atoms with Gasteiger partial charge in [-0.1, -0.05) is 32.4 Å². The molecule has 0 saturated heterocycles. The van der Waals surface area contributed by atoms with Crippen molar-refractivity contribution in [3.63, 3.8) is 0 Å². The fourth-order valence-corrected chi connectivity index (χ4v) is 3.13. The van der Waals surface area contributed by atoms with E-state index >= 15 is 0 Å². The predicted molar refractivity (Wildman–Crippen MR) is 127 cm³/mol. The van der Waals surface area contributed by atoms with Crippen molar-refractivity contribution in [2.75, 3.05) is 0 Å². The molecule has 4 amide bonds. The van der Waals surface area contributed by atoms with E-state index in [9.17, 15) is 34.2 Å². The number of phenolic OH excluding ortho intramolecular Hbond substituents is 1.